The highest BCUT2D eigenvalue weighted by molar-refractivity contribution is 6.35. The predicted octanol–water partition coefficient (Wildman–Crippen LogP) is 4.35. The van der Waals surface area contributed by atoms with Crippen molar-refractivity contribution in [1.29, 1.82) is 0 Å². The minimum absolute atomic E-state index is 0.220. The second kappa shape index (κ2) is 5.22. The van der Waals surface area contributed by atoms with E-state index in [4.69, 9.17) is 23.2 Å². The van der Waals surface area contributed by atoms with Crippen molar-refractivity contribution in [3.63, 3.8) is 0 Å². The van der Waals surface area contributed by atoms with Crippen LogP contribution in [0, 0.1) is 11.6 Å². The van der Waals surface area contributed by atoms with Crippen molar-refractivity contribution < 1.29 is 13.9 Å². The van der Waals surface area contributed by atoms with E-state index < -0.39 is 17.7 Å². The molecule has 5 heteroatoms. The molecule has 1 unspecified atom stereocenters. The first kappa shape index (κ1) is 13.3. The molecule has 0 aliphatic rings. The maximum Gasteiger partial charge on any atom is 0.159 e. The highest BCUT2D eigenvalue weighted by Crippen LogP contribution is 2.30. The minimum Gasteiger partial charge on any atom is -0.384 e. The molecule has 1 nitrogen and oxygen atoms in total. The van der Waals surface area contributed by atoms with Gasteiger partial charge in [-0.3, -0.25) is 0 Å². The number of halogens is 4. The fourth-order valence-corrected chi connectivity index (χ4v) is 2.10. The zero-order valence-corrected chi connectivity index (χ0v) is 10.5. The second-order valence-corrected chi connectivity index (χ2v) is 4.59. The molecular weight excluding hydrogens is 281 g/mol. The summed E-state index contributed by atoms with van der Waals surface area (Å²) in [5.74, 6) is -1.98. The van der Waals surface area contributed by atoms with Crippen molar-refractivity contribution in [1.82, 2.24) is 0 Å². The number of hydrogen-bond acceptors (Lipinski definition) is 1. The molecule has 0 bridgehead atoms. The summed E-state index contributed by atoms with van der Waals surface area (Å²) in [6, 6.07) is 7.76. The first-order chi connectivity index (χ1) is 8.49. The summed E-state index contributed by atoms with van der Waals surface area (Å²) in [5, 5.41) is 10.8. The molecule has 1 atom stereocenters. The normalized spacial score (nSPS) is 12.5. The topological polar surface area (TPSA) is 20.2 Å². The van der Waals surface area contributed by atoms with E-state index in [9.17, 15) is 13.9 Å². The molecule has 94 valence electrons. The van der Waals surface area contributed by atoms with E-state index in [1.54, 1.807) is 6.07 Å². The van der Waals surface area contributed by atoms with E-state index in [1.807, 2.05) is 0 Å². The van der Waals surface area contributed by atoms with Crippen LogP contribution in [-0.2, 0) is 0 Å². The lowest BCUT2D eigenvalue weighted by molar-refractivity contribution is 0.219. The van der Waals surface area contributed by atoms with Gasteiger partial charge in [0.2, 0.25) is 0 Å². The van der Waals surface area contributed by atoms with Crippen LogP contribution in [0.15, 0.2) is 36.4 Å². The summed E-state index contributed by atoms with van der Waals surface area (Å²) < 4.78 is 25.9. The van der Waals surface area contributed by atoms with Crippen molar-refractivity contribution in [2.45, 2.75) is 6.10 Å². The average Bonchev–Trinajstić information content (AvgIpc) is 2.32. The van der Waals surface area contributed by atoms with E-state index >= 15 is 0 Å². The van der Waals surface area contributed by atoms with Crippen LogP contribution in [0.4, 0.5) is 8.78 Å². The van der Waals surface area contributed by atoms with Gasteiger partial charge >= 0.3 is 0 Å². The molecule has 0 aliphatic carbocycles. The number of rotatable bonds is 2. The summed E-state index contributed by atoms with van der Waals surface area (Å²) in [4.78, 5) is 0. The summed E-state index contributed by atoms with van der Waals surface area (Å²) in [5.41, 5.74) is 0.602. The Morgan fingerprint density at radius 2 is 1.67 bits per heavy atom. The van der Waals surface area contributed by atoms with Crippen molar-refractivity contribution in [2.75, 3.05) is 0 Å². The van der Waals surface area contributed by atoms with Gasteiger partial charge in [0, 0.05) is 15.6 Å². The van der Waals surface area contributed by atoms with Gasteiger partial charge in [0.15, 0.2) is 11.6 Å². The molecule has 0 aliphatic heterocycles. The number of hydrogen-bond donors (Lipinski definition) is 1. The van der Waals surface area contributed by atoms with Crippen LogP contribution >= 0.6 is 23.2 Å². The smallest absolute Gasteiger partial charge is 0.159 e. The third kappa shape index (κ3) is 2.64. The Balaban J connectivity index is 2.41. The highest BCUT2D eigenvalue weighted by Gasteiger charge is 2.16. The van der Waals surface area contributed by atoms with Crippen LogP contribution in [0.25, 0.3) is 0 Å². The first-order valence-corrected chi connectivity index (χ1v) is 5.82. The first-order valence-electron chi connectivity index (χ1n) is 5.07. The van der Waals surface area contributed by atoms with Crippen LogP contribution in [-0.4, -0.2) is 5.11 Å². The number of benzene rings is 2. The Bertz CT molecular complexity index is 587. The van der Waals surface area contributed by atoms with Crippen molar-refractivity contribution in [3.05, 3.63) is 69.2 Å². The van der Waals surface area contributed by atoms with Gasteiger partial charge in [0.05, 0.1) is 0 Å². The van der Waals surface area contributed by atoms with Gasteiger partial charge < -0.3 is 5.11 Å². The van der Waals surface area contributed by atoms with Crippen molar-refractivity contribution >= 4 is 23.2 Å². The zero-order chi connectivity index (χ0) is 13.3. The Kier molecular flexibility index (Phi) is 3.85. The molecule has 0 spiro atoms. The average molecular weight is 289 g/mol. The van der Waals surface area contributed by atoms with Gasteiger partial charge in [-0.05, 0) is 29.8 Å². The van der Waals surface area contributed by atoms with E-state index in [-0.39, 0.29) is 10.6 Å². The van der Waals surface area contributed by atoms with Gasteiger partial charge in [0.25, 0.3) is 0 Å². The lowest BCUT2D eigenvalue weighted by Gasteiger charge is -2.13. The summed E-state index contributed by atoms with van der Waals surface area (Å²) in [6.07, 6.45) is -1.13. The van der Waals surface area contributed by atoms with Crippen molar-refractivity contribution in [2.24, 2.45) is 0 Å². The Hall–Kier alpha value is -1.16. The van der Waals surface area contributed by atoms with Crippen LogP contribution in [0.2, 0.25) is 10.0 Å². The summed E-state index contributed by atoms with van der Waals surface area (Å²) >= 11 is 11.7. The largest absolute Gasteiger partial charge is 0.384 e. The fourth-order valence-electron chi connectivity index (χ4n) is 1.59. The van der Waals surface area contributed by atoms with Crippen LogP contribution in [0.1, 0.15) is 17.2 Å². The summed E-state index contributed by atoms with van der Waals surface area (Å²) in [7, 11) is 0. The molecule has 0 heterocycles. The van der Waals surface area contributed by atoms with E-state index in [0.29, 0.717) is 10.6 Å². The Morgan fingerprint density at radius 3 is 2.28 bits per heavy atom. The third-order valence-corrected chi connectivity index (χ3v) is 3.08. The molecule has 0 saturated heterocycles. The van der Waals surface area contributed by atoms with Gasteiger partial charge in [0.1, 0.15) is 6.10 Å². The quantitative estimate of drug-likeness (QED) is 0.871. The molecule has 2 rings (SSSR count). The van der Waals surface area contributed by atoms with Gasteiger partial charge in [-0.2, -0.15) is 0 Å². The minimum atomic E-state index is -1.13. The molecule has 2 aromatic rings. The summed E-state index contributed by atoms with van der Waals surface area (Å²) in [6.45, 7) is 0. The third-order valence-electron chi connectivity index (χ3n) is 2.52. The highest BCUT2D eigenvalue weighted by atomic mass is 35.5. The molecule has 2 aromatic carbocycles. The number of aliphatic hydroxyl groups is 1. The van der Waals surface area contributed by atoms with Crippen LogP contribution < -0.4 is 0 Å². The van der Waals surface area contributed by atoms with E-state index in [2.05, 4.69) is 0 Å². The number of aliphatic hydroxyl groups excluding tert-OH is 1. The molecular formula is C13H8Cl2F2O. The molecule has 0 radical (unpaired) electrons. The van der Waals surface area contributed by atoms with Crippen LogP contribution in [0.3, 0.4) is 0 Å². The van der Waals surface area contributed by atoms with Gasteiger partial charge in [-0.1, -0.05) is 35.3 Å². The maximum absolute atomic E-state index is 13.1. The van der Waals surface area contributed by atoms with Crippen molar-refractivity contribution in [3.8, 4) is 0 Å². The van der Waals surface area contributed by atoms with E-state index in [0.717, 1.165) is 12.1 Å². The monoisotopic (exact) mass is 288 g/mol. The second-order valence-electron chi connectivity index (χ2n) is 3.74. The zero-order valence-electron chi connectivity index (χ0n) is 9.00. The molecule has 0 aromatic heterocycles. The SMILES string of the molecule is OC(c1ccc(F)c(F)c1)c1ccc(Cl)cc1Cl. The Labute approximate surface area is 113 Å². The molecule has 1 N–H and O–H groups in total. The molecule has 0 saturated carbocycles. The molecule has 18 heavy (non-hydrogen) atoms. The fraction of sp³-hybridized carbons (Fsp3) is 0.0769. The van der Waals surface area contributed by atoms with E-state index in [1.165, 1.54) is 18.2 Å². The lowest BCUT2D eigenvalue weighted by atomic mass is 10.0. The Morgan fingerprint density at radius 1 is 0.944 bits per heavy atom. The maximum atomic E-state index is 13.1. The van der Waals surface area contributed by atoms with Crippen LogP contribution in [0.5, 0.6) is 0 Å². The lowest BCUT2D eigenvalue weighted by Crippen LogP contribution is -2.01. The predicted molar refractivity (Wildman–Crippen MR) is 66.9 cm³/mol. The van der Waals surface area contributed by atoms with Gasteiger partial charge in [-0.15, -0.1) is 0 Å². The molecule has 0 amide bonds. The van der Waals surface area contributed by atoms with Gasteiger partial charge in [-0.25, -0.2) is 8.78 Å². The molecule has 0 fully saturated rings. The standard InChI is InChI=1S/C13H8Cl2F2O/c14-8-2-3-9(10(15)6-8)13(18)7-1-4-11(16)12(17)5-7/h1-6,13,18H.